The van der Waals surface area contributed by atoms with Crippen LogP contribution in [0.15, 0.2) is 12.1 Å². The number of carbonyl (C=O) groups excluding carboxylic acids is 4. The minimum Gasteiger partial charge on any atom is -0.508 e. The van der Waals surface area contributed by atoms with Crippen LogP contribution >= 0.6 is 0 Å². The molecule has 1 aromatic carbocycles. The van der Waals surface area contributed by atoms with Gasteiger partial charge in [0.25, 0.3) is 0 Å². The fourth-order valence-electron chi connectivity index (χ4n) is 3.83. The Morgan fingerprint density at radius 2 is 1.67 bits per heavy atom. The lowest BCUT2D eigenvalue weighted by molar-refractivity contribution is -0.141. The Kier molecular flexibility index (Phi) is 11.7. The van der Waals surface area contributed by atoms with Crippen LogP contribution < -0.4 is 11.1 Å². The van der Waals surface area contributed by atoms with Gasteiger partial charge in [-0.05, 0) is 83.2 Å². The molecular weight excluding hydrogens is 466 g/mol. The van der Waals surface area contributed by atoms with Crippen LogP contribution in [-0.4, -0.2) is 65.2 Å². The lowest BCUT2D eigenvalue weighted by atomic mass is 9.95. The van der Waals surface area contributed by atoms with Crippen LogP contribution in [0.5, 0.6) is 5.75 Å². The van der Waals surface area contributed by atoms with Crippen LogP contribution in [0.4, 0.5) is 4.79 Å². The average Bonchev–Trinajstić information content (AvgIpc) is 2.75. The predicted molar refractivity (Wildman–Crippen MR) is 135 cm³/mol. The molecule has 4 N–H and O–H groups in total. The molecule has 0 unspecified atom stereocenters. The van der Waals surface area contributed by atoms with Crippen molar-refractivity contribution in [2.24, 2.45) is 5.73 Å². The van der Waals surface area contributed by atoms with Crippen molar-refractivity contribution in [2.45, 2.75) is 91.3 Å². The zero-order valence-corrected chi connectivity index (χ0v) is 22.5. The molecule has 1 aromatic rings. The van der Waals surface area contributed by atoms with E-state index in [-0.39, 0.29) is 31.1 Å². The molecule has 0 saturated carbocycles. The van der Waals surface area contributed by atoms with E-state index in [0.717, 1.165) is 16.7 Å². The highest BCUT2D eigenvalue weighted by molar-refractivity contribution is 5.91. The third-order valence-electron chi connectivity index (χ3n) is 5.75. The van der Waals surface area contributed by atoms with E-state index in [1.54, 1.807) is 32.9 Å². The van der Waals surface area contributed by atoms with E-state index in [9.17, 15) is 24.3 Å². The number of benzene rings is 1. The number of methoxy groups -OCH3 is 1. The molecule has 0 fully saturated rings. The van der Waals surface area contributed by atoms with Crippen LogP contribution in [0.3, 0.4) is 0 Å². The van der Waals surface area contributed by atoms with Crippen molar-refractivity contribution in [1.29, 1.82) is 0 Å². The number of carbonyl (C=O) groups is 4. The highest BCUT2D eigenvalue weighted by Gasteiger charge is 2.33. The number of rotatable bonds is 12. The number of primary amides is 1. The van der Waals surface area contributed by atoms with Gasteiger partial charge in [0.05, 0.1) is 7.11 Å². The molecule has 0 heterocycles. The summed E-state index contributed by atoms with van der Waals surface area (Å²) in [6, 6.07) is 1.21. The molecule has 1 rings (SSSR count). The Morgan fingerprint density at radius 1 is 1.08 bits per heavy atom. The Morgan fingerprint density at radius 3 is 2.17 bits per heavy atom. The summed E-state index contributed by atoms with van der Waals surface area (Å²) in [5.41, 5.74) is 7.06. The second-order valence-corrected chi connectivity index (χ2v) is 9.96. The quantitative estimate of drug-likeness (QED) is 0.291. The number of phenolic OH excluding ortho intramolecular Hbond substituents is 1. The van der Waals surface area contributed by atoms with Crippen molar-refractivity contribution >= 4 is 23.9 Å². The molecule has 2 atom stereocenters. The number of aromatic hydroxyl groups is 1. The summed E-state index contributed by atoms with van der Waals surface area (Å²) in [4.78, 5) is 51.1. The highest BCUT2D eigenvalue weighted by atomic mass is 16.6. The maximum atomic E-state index is 13.7. The number of ether oxygens (including phenoxy) is 2. The largest absolute Gasteiger partial charge is 0.508 e. The Bertz CT molecular complexity index is 917. The van der Waals surface area contributed by atoms with Crippen LogP contribution in [0.2, 0.25) is 0 Å². The normalized spacial score (nSPS) is 12.9. The number of nitrogens with one attached hydrogen (secondary N) is 1. The summed E-state index contributed by atoms with van der Waals surface area (Å²) in [6.45, 7) is 10.5. The summed E-state index contributed by atoms with van der Waals surface area (Å²) in [5.74, 6) is -1.36. The zero-order chi connectivity index (χ0) is 27.6. The van der Waals surface area contributed by atoms with E-state index in [4.69, 9.17) is 10.5 Å². The van der Waals surface area contributed by atoms with Gasteiger partial charge in [-0.1, -0.05) is 6.42 Å². The first-order valence-electron chi connectivity index (χ1n) is 12.1. The minimum atomic E-state index is -1.04. The van der Waals surface area contributed by atoms with Gasteiger partial charge in [0, 0.05) is 19.4 Å². The monoisotopic (exact) mass is 507 g/mol. The molecular formula is C26H41N3O7. The number of alkyl carbamates (subject to hydrolysis) is 1. The summed E-state index contributed by atoms with van der Waals surface area (Å²) >= 11 is 0. The van der Waals surface area contributed by atoms with E-state index in [1.165, 1.54) is 18.9 Å². The second-order valence-electron chi connectivity index (χ2n) is 9.96. The van der Waals surface area contributed by atoms with Gasteiger partial charge < -0.3 is 30.5 Å². The number of phenols is 1. The molecule has 0 aliphatic carbocycles. The molecule has 0 radical (unpaired) electrons. The van der Waals surface area contributed by atoms with E-state index in [1.807, 2.05) is 13.8 Å². The third kappa shape index (κ3) is 10.1. The molecule has 0 spiro atoms. The van der Waals surface area contributed by atoms with Crippen molar-refractivity contribution in [3.63, 3.8) is 0 Å². The summed E-state index contributed by atoms with van der Waals surface area (Å²) < 4.78 is 10.0. The topological polar surface area (TPSA) is 148 Å². The molecule has 10 heteroatoms. The van der Waals surface area contributed by atoms with Crippen molar-refractivity contribution in [3.8, 4) is 5.75 Å². The first-order valence-corrected chi connectivity index (χ1v) is 12.1. The van der Waals surface area contributed by atoms with Crippen molar-refractivity contribution in [2.75, 3.05) is 13.7 Å². The summed E-state index contributed by atoms with van der Waals surface area (Å²) in [7, 11) is 1.33. The van der Waals surface area contributed by atoms with E-state index >= 15 is 0 Å². The molecule has 0 saturated heterocycles. The fourth-order valence-corrected chi connectivity index (χ4v) is 3.83. The van der Waals surface area contributed by atoms with Gasteiger partial charge in [-0.25, -0.2) is 4.79 Å². The number of esters is 1. The summed E-state index contributed by atoms with van der Waals surface area (Å²) in [5, 5.41) is 12.6. The van der Waals surface area contributed by atoms with Crippen LogP contribution in [-0.2, 0) is 30.3 Å². The van der Waals surface area contributed by atoms with Gasteiger partial charge in [-0.2, -0.15) is 0 Å². The molecule has 0 aliphatic heterocycles. The van der Waals surface area contributed by atoms with Crippen molar-refractivity contribution in [3.05, 3.63) is 28.8 Å². The van der Waals surface area contributed by atoms with Gasteiger partial charge in [0.15, 0.2) is 0 Å². The Labute approximate surface area is 213 Å². The molecule has 10 nitrogen and oxygen atoms in total. The number of amides is 3. The first kappa shape index (κ1) is 30.7. The highest BCUT2D eigenvalue weighted by Crippen LogP contribution is 2.23. The Balaban J connectivity index is 3.20. The molecule has 0 aromatic heterocycles. The van der Waals surface area contributed by atoms with E-state index < -0.39 is 35.6 Å². The maximum Gasteiger partial charge on any atom is 0.408 e. The predicted octanol–water partition coefficient (Wildman–Crippen LogP) is 2.88. The fraction of sp³-hybridized carbons (Fsp3) is 0.615. The number of nitrogens with two attached hydrogens (primary N) is 1. The maximum absolute atomic E-state index is 13.7. The van der Waals surface area contributed by atoms with Gasteiger partial charge in [0.2, 0.25) is 11.8 Å². The number of nitrogens with zero attached hydrogens (tertiary/aromatic N) is 1. The van der Waals surface area contributed by atoms with Gasteiger partial charge >= 0.3 is 12.1 Å². The van der Waals surface area contributed by atoms with Crippen LogP contribution in [0.1, 0.15) is 70.1 Å². The number of hydrogen-bond donors (Lipinski definition) is 3. The average molecular weight is 508 g/mol. The number of unbranched alkanes of at least 4 members (excludes halogenated alkanes) is 2. The second kappa shape index (κ2) is 13.7. The van der Waals surface area contributed by atoms with Crippen LogP contribution in [0.25, 0.3) is 0 Å². The molecule has 0 aliphatic rings. The van der Waals surface area contributed by atoms with E-state index in [2.05, 4.69) is 10.1 Å². The first-order chi connectivity index (χ1) is 16.7. The van der Waals surface area contributed by atoms with Gasteiger partial charge in [-0.3, -0.25) is 14.4 Å². The SMILES string of the molecule is COC(=O)CCCCCN(C(=O)[C@H](Cc1c(C)cc(O)cc1C)NC(=O)OC(C)(C)C)[C@H](C)C(N)=O. The van der Waals surface area contributed by atoms with Crippen LogP contribution in [0, 0.1) is 13.8 Å². The van der Waals surface area contributed by atoms with E-state index in [0.29, 0.717) is 19.3 Å². The minimum absolute atomic E-state index is 0.104. The Hall–Kier alpha value is -3.30. The zero-order valence-electron chi connectivity index (χ0n) is 22.5. The van der Waals surface area contributed by atoms with Gasteiger partial charge in [-0.15, -0.1) is 0 Å². The third-order valence-corrected chi connectivity index (χ3v) is 5.75. The molecule has 202 valence electrons. The lowest BCUT2D eigenvalue weighted by Crippen LogP contribution is -2.55. The molecule has 3 amide bonds. The van der Waals surface area contributed by atoms with Crippen molar-refractivity contribution < 1.29 is 33.8 Å². The smallest absolute Gasteiger partial charge is 0.408 e. The number of hydrogen-bond acceptors (Lipinski definition) is 7. The lowest BCUT2D eigenvalue weighted by Gasteiger charge is -2.32. The summed E-state index contributed by atoms with van der Waals surface area (Å²) in [6.07, 6.45) is 1.35. The standard InChI is InChI=1S/C26H41N3O7/c1-16-13-19(30)14-17(2)20(16)15-21(28-25(34)36-26(4,5)6)24(33)29(18(3)23(27)32)12-10-8-9-11-22(31)35-7/h13-14,18,21,30H,8-12,15H2,1-7H3,(H2,27,32)(H,28,34)/t18-,21+/m1/s1. The van der Waals surface area contributed by atoms with Crippen molar-refractivity contribution in [1.82, 2.24) is 10.2 Å². The number of aryl methyl sites for hydroxylation is 2. The van der Waals surface area contributed by atoms with Gasteiger partial charge in [0.1, 0.15) is 23.4 Å². The molecule has 36 heavy (non-hydrogen) atoms. The molecule has 0 bridgehead atoms.